The van der Waals surface area contributed by atoms with Gasteiger partial charge in [-0.1, -0.05) is 30.8 Å². The molecular formula is C23H30N6O3S. The van der Waals surface area contributed by atoms with Crippen molar-refractivity contribution >= 4 is 40.4 Å². The topological polar surface area (TPSA) is 94.4 Å². The lowest BCUT2D eigenvalue weighted by Gasteiger charge is -2.28. The molecule has 1 aliphatic heterocycles. The van der Waals surface area contributed by atoms with Crippen molar-refractivity contribution in [3.05, 3.63) is 35.7 Å². The Balaban J connectivity index is 1.48. The minimum atomic E-state index is -0.219. The Morgan fingerprint density at radius 2 is 1.94 bits per heavy atom. The summed E-state index contributed by atoms with van der Waals surface area (Å²) in [7, 11) is 3.42. The molecule has 0 atom stereocenters. The van der Waals surface area contributed by atoms with Crippen LogP contribution in [-0.2, 0) is 33.5 Å². The Kier molecular flexibility index (Phi) is 7.66. The fraction of sp³-hybridized carbons (Fsp3) is 0.478. The molecule has 1 aliphatic rings. The first-order valence-electron chi connectivity index (χ1n) is 11.2. The van der Waals surface area contributed by atoms with Gasteiger partial charge in [0.05, 0.1) is 26.7 Å². The van der Waals surface area contributed by atoms with E-state index in [4.69, 9.17) is 19.7 Å². The number of fused-ring (bicyclic) bond motifs is 1. The van der Waals surface area contributed by atoms with E-state index in [-0.39, 0.29) is 5.97 Å². The Labute approximate surface area is 197 Å². The molecule has 1 aromatic carbocycles. The van der Waals surface area contributed by atoms with Crippen molar-refractivity contribution < 1.29 is 14.3 Å². The van der Waals surface area contributed by atoms with Gasteiger partial charge < -0.3 is 24.3 Å². The smallest absolute Gasteiger partial charge is 0.307 e. The second-order valence-corrected chi connectivity index (χ2v) is 8.72. The van der Waals surface area contributed by atoms with E-state index in [1.807, 2.05) is 19.2 Å². The molecule has 4 rings (SSSR count). The molecule has 1 saturated heterocycles. The third-order valence-electron chi connectivity index (χ3n) is 5.61. The molecule has 1 N–H and O–H groups in total. The summed E-state index contributed by atoms with van der Waals surface area (Å²) >= 11 is 1.62. The summed E-state index contributed by atoms with van der Waals surface area (Å²) in [6.45, 7) is 5.65. The van der Waals surface area contributed by atoms with Gasteiger partial charge in [0.25, 0.3) is 0 Å². The number of methoxy groups -OCH3 is 1. The number of rotatable bonds is 9. The number of benzene rings is 1. The zero-order valence-corrected chi connectivity index (χ0v) is 20.2. The van der Waals surface area contributed by atoms with Crippen molar-refractivity contribution in [3.63, 3.8) is 0 Å². The molecule has 33 heavy (non-hydrogen) atoms. The highest BCUT2D eigenvalue weighted by Gasteiger charge is 2.21. The van der Waals surface area contributed by atoms with E-state index >= 15 is 0 Å². The Morgan fingerprint density at radius 1 is 1.18 bits per heavy atom. The maximum Gasteiger partial charge on any atom is 0.307 e. The number of morpholine rings is 1. The van der Waals surface area contributed by atoms with Crippen LogP contribution in [0.3, 0.4) is 0 Å². The van der Waals surface area contributed by atoms with E-state index < -0.39 is 0 Å². The molecule has 3 heterocycles. The number of carbonyl (C=O) groups is 1. The molecule has 0 saturated carbocycles. The Morgan fingerprint density at radius 3 is 2.64 bits per heavy atom. The van der Waals surface area contributed by atoms with Crippen LogP contribution in [0.2, 0.25) is 0 Å². The van der Waals surface area contributed by atoms with E-state index in [2.05, 4.69) is 38.6 Å². The van der Waals surface area contributed by atoms with Crippen molar-refractivity contribution in [3.8, 4) is 0 Å². The van der Waals surface area contributed by atoms with Gasteiger partial charge in [0, 0.05) is 44.5 Å². The SMILES string of the molecule is CCc1nc2c(N3CCOCC3)nc(SCc3ccc(NCCC(=O)OC)cc3)nc2n1C. The fourth-order valence-electron chi connectivity index (χ4n) is 3.73. The molecule has 0 radical (unpaired) electrons. The van der Waals surface area contributed by atoms with Crippen molar-refractivity contribution in [2.75, 3.05) is 50.2 Å². The number of nitrogens with zero attached hydrogens (tertiary/aromatic N) is 5. The van der Waals surface area contributed by atoms with Gasteiger partial charge >= 0.3 is 5.97 Å². The van der Waals surface area contributed by atoms with Crippen LogP contribution in [-0.4, -0.2) is 65.4 Å². The number of anilines is 2. The van der Waals surface area contributed by atoms with E-state index in [9.17, 15) is 4.79 Å². The number of thioether (sulfide) groups is 1. The second-order valence-electron chi connectivity index (χ2n) is 7.78. The number of carbonyl (C=O) groups excluding carboxylic acids is 1. The molecule has 0 bridgehead atoms. The van der Waals surface area contributed by atoms with Crippen LogP contribution in [0.25, 0.3) is 11.2 Å². The van der Waals surface area contributed by atoms with Crippen LogP contribution >= 0.6 is 11.8 Å². The van der Waals surface area contributed by atoms with Crippen LogP contribution in [0, 0.1) is 0 Å². The number of aryl methyl sites for hydroxylation is 2. The number of hydrogen-bond acceptors (Lipinski definition) is 9. The highest BCUT2D eigenvalue weighted by atomic mass is 32.2. The van der Waals surface area contributed by atoms with Crippen molar-refractivity contribution in [1.82, 2.24) is 19.5 Å². The molecule has 176 valence electrons. The molecule has 1 fully saturated rings. The van der Waals surface area contributed by atoms with Gasteiger partial charge in [-0.15, -0.1) is 0 Å². The molecule has 3 aromatic rings. The average Bonchev–Trinajstić information content (AvgIpc) is 3.19. The lowest BCUT2D eigenvalue weighted by atomic mass is 10.2. The maximum atomic E-state index is 11.2. The third kappa shape index (κ3) is 5.56. The lowest BCUT2D eigenvalue weighted by molar-refractivity contribution is -0.140. The summed E-state index contributed by atoms with van der Waals surface area (Å²) in [5.74, 6) is 2.44. The Hall–Kier alpha value is -2.85. The zero-order valence-electron chi connectivity index (χ0n) is 19.3. The molecular weight excluding hydrogens is 440 g/mol. The third-order valence-corrected chi connectivity index (χ3v) is 6.53. The first kappa shape index (κ1) is 23.3. The number of nitrogens with one attached hydrogen (secondary N) is 1. The fourth-order valence-corrected chi connectivity index (χ4v) is 4.52. The van der Waals surface area contributed by atoms with Crippen molar-refractivity contribution in [1.29, 1.82) is 0 Å². The second kappa shape index (κ2) is 10.8. The molecule has 0 unspecified atom stereocenters. The van der Waals surface area contributed by atoms with Crippen LogP contribution in [0.5, 0.6) is 0 Å². The number of ether oxygens (including phenoxy) is 2. The Bertz CT molecular complexity index is 1100. The predicted octanol–water partition coefficient (Wildman–Crippen LogP) is 3.03. The highest BCUT2D eigenvalue weighted by molar-refractivity contribution is 7.98. The summed E-state index contributed by atoms with van der Waals surface area (Å²) in [5, 5.41) is 3.98. The van der Waals surface area contributed by atoms with Crippen LogP contribution < -0.4 is 10.2 Å². The summed E-state index contributed by atoms with van der Waals surface area (Å²) in [4.78, 5) is 28.0. The van der Waals surface area contributed by atoms with Gasteiger partial charge in [0.1, 0.15) is 5.82 Å². The van der Waals surface area contributed by atoms with Gasteiger partial charge in [0.15, 0.2) is 22.1 Å². The minimum absolute atomic E-state index is 0.219. The highest BCUT2D eigenvalue weighted by Crippen LogP contribution is 2.29. The van der Waals surface area contributed by atoms with Crippen molar-refractivity contribution in [2.24, 2.45) is 7.05 Å². The number of imidazole rings is 1. The lowest BCUT2D eigenvalue weighted by Crippen LogP contribution is -2.37. The van der Waals surface area contributed by atoms with Gasteiger partial charge in [-0.05, 0) is 17.7 Å². The summed E-state index contributed by atoms with van der Waals surface area (Å²) < 4.78 is 12.3. The molecule has 0 amide bonds. The quantitative estimate of drug-likeness (QED) is 0.288. The first-order chi connectivity index (χ1) is 16.1. The van der Waals surface area contributed by atoms with Gasteiger partial charge in [-0.2, -0.15) is 0 Å². The predicted molar refractivity (Wildman–Crippen MR) is 130 cm³/mol. The maximum absolute atomic E-state index is 11.2. The van der Waals surface area contributed by atoms with Crippen LogP contribution in [0.15, 0.2) is 29.4 Å². The normalized spacial score (nSPS) is 14.0. The minimum Gasteiger partial charge on any atom is -0.469 e. The molecule has 9 nitrogen and oxygen atoms in total. The van der Waals surface area contributed by atoms with Crippen molar-refractivity contribution in [2.45, 2.75) is 30.7 Å². The van der Waals surface area contributed by atoms with E-state index in [0.717, 1.165) is 58.9 Å². The summed E-state index contributed by atoms with van der Waals surface area (Å²) in [6, 6.07) is 8.19. The summed E-state index contributed by atoms with van der Waals surface area (Å²) in [6.07, 6.45) is 1.19. The van der Waals surface area contributed by atoms with Gasteiger partial charge in [-0.25, -0.2) is 15.0 Å². The first-order valence-corrected chi connectivity index (χ1v) is 12.2. The number of hydrogen-bond donors (Lipinski definition) is 1. The molecule has 0 spiro atoms. The van der Waals surface area contributed by atoms with Crippen LogP contribution in [0.4, 0.5) is 11.5 Å². The molecule has 10 heteroatoms. The van der Waals surface area contributed by atoms with E-state index in [1.54, 1.807) is 11.8 Å². The van der Waals surface area contributed by atoms with E-state index in [0.29, 0.717) is 26.2 Å². The summed E-state index contributed by atoms with van der Waals surface area (Å²) in [5.41, 5.74) is 3.88. The average molecular weight is 471 g/mol. The largest absolute Gasteiger partial charge is 0.469 e. The van der Waals surface area contributed by atoms with Crippen LogP contribution in [0.1, 0.15) is 24.7 Å². The van der Waals surface area contributed by atoms with Gasteiger partial charge in [-0.3, -0.25) is 4.79 Å². The number of esters is 1. The zero-order chi connectivity index (χ0) is 23.2. The van der Waals surface area contributed by atoms with Gasteiger partial charge in [0.2, 0.25) is 0 Å². The standard InChI is InChI=1S/C23H30N6O3S/c1-4-18-25-20-21(28(18)2)26-23(27-22(20)29-11-13-32-14-12-29)33-15-16-5-7-17(8-6-16)24-10-9-19(30)31-3/h5-8,24H,4,9-15H2,1-3H3. The van der Waals surface area contributed by atoms with E-state index in [1.165, 1.54) is 12.7 Å². The number of aromatic nitrogens is 4. The monoisotopic (exact) mass is 470 g/mol. The molecule has 2 aromatic heterocycles. The molecule has 0 aliphatic carbocycles.